The van der Waals surface area contributed by atoms with Crippen LogP contribution in [-0.2, 0) is 14.8 Å². The van der Waals surface area contributed by atoms with Crippen LogP contribution in [0.2, 0.25) is 0 Å². The summed E-state index contributed by atoms with van der Waals surface area (Å²) in [5.41, 5.74) is 1.08. The second-order valence-corrected chi connectivity index (χ2v) is 9.21. The van der Waals surface area contributed by atoms with Crippen molar-refractivity contribution in [2.75, 3.05) is 25.1 Å². The number of sulfonamides is 1. The van der Waals surface area contributed by atoms with Crippen LogP contribution in [0.3, 0.4) is 0 Å². The van der Waals surface area contributed by atoms with E-state index in [1.54, 1.807) is 18.7 Å². The highest BCUT2D eigenvalue weighted by atomic mass is 32.2. The molecule has 1 heterocycles. The maximum atomic E-state index is 12.4. The second kappa shape index (κ2) is 8.36. The van der Waals surface area contributed by atoms with Crippen molar-refractivity contribution in [3.63, 3.8) is 0 Å². The van der Waals surface area contributed by atoms with E-state index in [9.17, 15) is 13.2 Å². The predicted octanol–water partition coefficient (Wildman–Crippen LogP) is 2.65. The Balaban J connectivity index is 1.89. The van der Waals surface area contributed by atoms with E-state index in [2.05, 4.69) is 17.4 Å². The van der Waals surface area contributed by atoms with Crippen LogP contribution in [0.1, 0.15) is 38.3 Å². The minimum atomic E-state index is -3.14. The Morgan fingerprint density at radius 3 is 2.38 bits per heavy atom. The summed E-state index contributed by atoms with van der Waals surface area (Å²) in [5.74, 6) is 0.0265. The molecular weight excluding hydrogens is 344 g/mol. The highest BCUT2D eigenvalue weighted by molar-refractivity contribution is 7.98. The third-order valence-electron chi connectivity index (χ3n) is 4.56. The number of nitrogens with one attached hydrogen (secondary N) is 1. The second-order valence-electron chi connectivity index (χ2n) is 6.08. The van der Waals surface area contributed by atoms with Gasteiger partial charge in [-0.1, -0.05) is 12.1 Å². The topological polar surface area (TPSA) is 66.5 Å². The molecule has 0 aliphatic carbocycles. The number of nitrogens with zero attached hydrogens (tertiary/aromatic N) is 1. The molecule has 2 rings (SSSR count). The van der Waals surface area contributed by atoms with Crippen molar-refractivity contribution in [2.24, 2.45) is 5.92 Å². The van der Waals surface area contributed by atoms with Gasteiger partial charge in [-0.3, -0.25) is 4.79 Å². The smallest absolute Gasteiger partial charge is 0.223 e. The molecule has 0 unspecified atom stereocenters. The molecule has 0 saturated carbocycles. The van der Waals surface area contributed by atoms with Crippen LogP contribution in [0.5, 0.6) is 0 Å². The fourth-order valence-electron chi connectivity index (χ4n) is 2.89. The summed E-state index contributed by atoms with van der Waals surface area (Å²) >= 11 is 1.69. The summed E-state index contributed by atoms with van der Waals surface area (Å²) in [4.78, 5) is 13.6. The number of carbonyl (C=O) groups is 1. The predicted molar refractivity (Wildman–Crippen MR) is 98.5 cm³/mol. The average molecular weight is 371 g/mol. The first kappa shape index (κ1) is 19.3. The van der Waals surface area contributed by atoms with E-state index >= 15 is 0 Å². The van der Waals surface area contributed by atoms with Gasteiger partial charge in [0.05, 0.1) is 11.8 Å². The van der Waals surface area contributed by atoms with Crippen molar-refractivity contribution in [1.29, 1.82) is 0 Å². The number of piperidine rings is 1. The third-order valence-corrected chi connectivity index (χ3v) is 7.18. The van der Waals surface area contributed by atoms with E-state index in [0.29, 0.717) is 25.9 Å². The van der Waals surface area contributed by atoms with Crippen LogP contribution in [0.15, 0.2) is 29.2 Å². The average Bonchev–Trinajstić information content (AvgIpc) is 2.61. The first-order valence-electron chi connectivity index (χ1n) is 8.29. The van der Waals surface area contributed by atoms with Crippen LogP contribution in [0, 0.1) is 5.92 Å². The summed E-state index contributed by atoms with van der Waals surface area (Å²) in [7, 11) is -3.14. The summed E-state index contributed by atoms with van der Waals surface area (Å²) in [6, 6.07) is 8.12. The van der Waals surface area contributed by atoms with E-state index in [4.69, 9.17) is 0 Å². The fraction of sp³-hybridized carbons (Fsp3) is 0.588. The van der Waals surface area contributed by atoms with Gasteiger partial charge in [-0.2, -0.15) is 0 Å². The minimum absolute atomic E-state index is 0.0185. The molecule has 0 bridgehead atoms. The molecule has 1 amide bonds. The summed E-state index contributed by atoms with van der Waals surface area (Å²) in [6.45, 7) is 4.50. The number of benzene rings is 1. The zero-order valence-corrected chi connectivity index (χ0v) is 16.1. The van der Waals surface area contributed by atoms with Gasteiger partial charge in [-0.15, -0.1) is 11.8 Å². The highest BCUT2D eigenvalue weighted by Gasteiger charge is 2.30. The van der Waals surface area contributed by atoms with Crippen LogP contribution in [0.4, 0.5) is 0 Å². The quantitative estimate of drug-likeness (QED) is 0.782. The molecule has 134 valence electrons. The van der Waals surface area contributed by atoms with Gasteiger partial charge in [0.1, 0.15) is 0 Å². The van der Waals surface area contributed by atoms with Crippen molar-refractivity contribution < 1.29 is 13.2 Å². The lowest BCUT2D eigenvalue weighted by atomic mass is 9.96. The van der Waals surface area contributed by atoms with Crippen LogP contribution in [0.25, 0.3) is 0 Å². The van der Waals surface area contributed by atoms with Gasteiger partial charge in [0.15, 0.2) is 0 Å². The largest absolute Gasteiger partial charge is 0.349 e. The fourth-order valence-corrected chi connectivity index (χ4v) is 4.43. The van der Waals surface area contributed by atoms with Crippen LogP contribution >= 0.6 is 11.8 Å². The number of thioether (sulfide) groups is 1. The Morgan fingerprint density at radius 1 is 1.29 bits per heavy atom. The molecule has 24 heavy (non-hydrogen) atoms. The number of rotatable bonds is 6. The van der Waals surface area contributed by atoms with Gasteiger partial charge in [0, 0.05) is 23.9 Å². The lowest BCUT2D eigenvalue weighted by Gasteiger charge is -2.31. The molecule has 1 aliphatic heterocycles. The van der Waals surface area contributed by atoms with Crippen molar-refractivity contribution in [3.05, 3.63) is 29.8 Å². The van der Waals surface area contributed by atoms with E-state index in [-0.39, 0.29) is 23.6 Å². The zero-order chi connectivity index (χ0) is 17.7. The van der Waals surface area contributed by atoms with Crippen LogP contribution in [-0.4, -0.2) is 43.7 Å². The summed E-state index contributed by atoms with van der Waals surface area (Å²) in [5, 5.41) is 3.06. The van der Waals surface area contributed by atoms with Gasteiger partial charge in [-0.25, -0.2) is 12.7 Å². The number of amides is 1. The molecule has 0 aromatic heterocycles. The standard InChI is InChI=1S/C17H26N2O3S2/c1-4-24(21,22)19-11-9-15(10-12-19)17(20)18-13(2)14-5-7-16(23-3)8-6-14/h5-8,13,15H,4,9-12H2,1-3H3,(H,18,20)/t13-/m1/s1. The molecular formula is C17H26N2O3S2. The SMILES string of the molecule is CCS(=O)(=O)N1CCC(C(=O)N[C@H](C)c2ccc(SC)cc2)CC1. The van der Waals surface area contributed by atoms with Crippen molar-refractivity contribution in [1.82, 2.24) is 9.62 Å². The number of hydrogen-bond donors (Lipinski definition) is 1. The molecule has 0 radical (unpaired) electrons. The molecule has 1 aromatic carbocycles. The monoisotopic (exact) mass is 370 g/mol. The summed E-state index contributed by atoms with van der Waals surface area (Å²) in [6.07, 6.45) is 3.21. The molecule has 1 N–H and O–H groups in total. The molecule has 1 fully saturated rings. The van der Waals surface area contributed by atoms with E-state index in [0.717, 1.165) is 5.56 Å². The lowest BCUT2D eigenvalue weighted by Crippen LogP contribution is -2.43. The van der Waals surface area contributed by atoms with Crippen molar-refractivity contribution in [3.8, 4) is 0 Å². The molecule has 1 aromatic rings. The van der Waals surface area contributed by atoms with Gasteiger partial charge in [-0.05, 0) is 50.6 Å². The Kier molecular flexibility index (Phi) is 6.71. The van der Waals surface area contributed by atoms with Gasteiger partial charge < -0.3 is 5.32 Å². The Bertz CT molecular complexity index is 651. The van der Waals surface area contributed by atoms with E-state index < -0.39 is 10.0 Å². The Morgan fingerprint density at radius 2 is 1.88 bits per heavy atom. The van der Waals surface area contributed by atoms with Crippen LogP contribution < -0.4 is 5.32 Å². The molecule has 1 aliphatic rings. The van der Waals surface area contributed by atoms with Gasteiger partial charge in [0.25, 0.3) is 0 Å². The Labute approximate surface area is 149 Å². The zero-order valence-electron chi connectivity index (χ0n) is 14.5. The van der Waals surface area contributed by atoms with E-state index in [1.165, 1.54) is 9.20 Å². The molecule has 1 atom stereocenters. The normalized spacial score (nSPS) is 18.3. The molecule has 7 heteroatoms. The lowest BCUT2D eigenvalue weighted by molar-refractivity contribution is -0.126. The van der Waals surface area contributed by atoms with Crippen molar-refractivity contribution >= 4 is 27.7 Å². The van der Waals surface area contributed by atoms with Gasteiger partial charge >= 0.3 is 0 Å². The molecule has 0 spiro atoms. The maximum absolute atomic E-state index is 12.4. The maximum Gasteiger partial charge on any atom is 0.223 e. The molecule has 1 saturated heterocycles. The molecule has 5 nitrogen and oxygen atoms in total. The van der Waals surface area contributed by atoms with Gasteiger partial charge in [0.2, 0.25) is 15.9 Å². The highest BCUT2D eigenvalue weighted by Crippen LogP contribution is 2.23. The summed E-state index contributed by atoms with van der Waals surface area (Å²) < 4.78 is 25.2. The Hall–Kier alpha value is -1.05. The first-order chi connectivity index (χ1) is 11.4. The number of hydrogen-bond acceptors (Lipinski definition) is 4. The third kappa shape index (κ3) is 4.74. The van der Waals surface area contributed by atoms with E-state index in [1.807, 2.05) is 25.3 Å². The van der Waals surface area contributed by atoms with Crippen molar-refractivity contribution in [2.45, 2.75) is 37.6 Å². The first-order valence-corrected chi connectivity index (χ1v) is 11.1. The minimum Gasteiger partial charge on any atom is -0.349 e. The number of carbonyl (C=O) groups excluding carboxylic acids is 1.